The Morgan fingerprint density at radius 1 is 0.636 bits per heavy atom. The minimum Gasteiger partial charge on any atom is -0.465 e. The first kappa shape index (κ1) is 32.4. The minimum atomic E-state index is -1.22. The van der Waals surface area contributed by atoms with E-state index in [4.69, 9.17) is 18.9 Å². The van der Waals surface area contributed by atoms with E-state index in [1.807, 2.05) is 0 Å². The maximum atomic E-state index is 12.1. The summed E-state index contributed by atoms with van der Waals surface area (Å²) in [5.74, 6) is -1.82. The molecule has 192 valence electrons. The summed E-state index contributed by atoms with van der Waals surface area (Å²) in [5, 5.41) is -1.19. The summed E-state index contributed by atoms with van der Waals surface area (Å²) in [4.78, 5) is 48.3. The molecule has 0 N–H and O–H groups in total. The van der Waals surface area contributed by atoms with E-state index in [0.29, 0.717) is 0 Å². The van der Waals surface area contributed by atoms with E-state index in [9.17, 15) is 19.2 Å². The van der Waals surface area contributed by atoms with Crippen molar-refractivity contribution >= 4 is 74.2 Å². The van der Waals surface area contributed by atoms with Gasteiger partial charge in [-0.3, -0.25) is 19.2 Å². The number of thiol groups is 4. The van der Waals surface area contributed by atoms with Crippen LogP contribution in [0.5, 0.6) is 0 Å². The van der Waals surface area contributed by atoms with Gasteiger partial charge >= 0.3 is 17.9 Å². The molecular weight excluding hydrogens is 508 g/mol. The molecule has 0 bridgehead atoms. The monoisotopic (exact) mass is 544 g/mol. The third kappa shape index (κ3) is 16.7. The van der Waals surface area contributed by atoms with Crippen LogP contribution in [0, 0.1) is 5.41 Å². The summed E-state index contributed by atoms with van der Waals surface area (Å²) in [7, 11) is 0. The second kappa shape index (κ2) is 17.0. The molecule has 0 aromatic heterocycles. The van der Waals surface area contributed by atoms with Gasteiger partial charge in [-0.1, -0.05) is 20.8 Å². The van der Waals surface area contributed by atoms with Crippen LogP contribution >= 0.6 is 50.5 Å². The van der Waals surface area contributed by atoms with Gasteiger partial charge in [0, 0.05) is 15.7 Å². The SMILES string of the molecule is CC(S)CC(=O)OCC(COCC(=O)C(C)S)(COC(=O)CC(C)S)COC(=O)CC(C)S. The van der Waals surface area contributed by atoms with Gasteiger partial charge in [0.2, 0.25) is 0 Å². The van der Waals surface area contributed by atoms with Gasteiger partial charge in [0.15, 0.2) is 5.78 Å². The number of hydrogen-bond acceptors (Lipinski definition) is 12. The van der Waals surface area contributed by atoms with E-state index >= 15 is 0 Å². The summed E-state index contributed by atoms with van der Waals surface area (Å²) in [6.45, 7) is 5.64. The molecule has 4 unspecified atom stereocenters. The number of carbonyl (C=O) groups is 4. The summed E-state index contributed by atoms with van der Waals surface area (Å²) >= 11 is 16.6. The van der Waals surface area contributed by atoms with Gasteiger partial charge in [-0.2, -0.15) is 50.5 Å². The molecule has 0 rings (SSSR count). The lowest BCUT2D eigenvalue weighted by Crippen LogP contribution is -2.44. The quantitative estimate of drug-likeness (QED) is 0.126. The highest BCUT2D eigenvalue weighted by molar-refractivity contribution is 7.81. The second-order valence-corrected chi connectivity index (χ2v) is 11.7. The molecule has 0 fully saturated rings. The normalized spacial score (nSPS) is 16.6. The Kier molecular flexibility index (Phi) is 16.7. The smallest absolute Gasteiger partial charge is 0.306 e. The van der Waals surface area contributed by atoms with Gasteiger partial charge in [-0.15, -0.1) is 0 Å². The van der Waals surface area contributed by atoms with Crippen LogP contribution in [0.1, 0.15) is 47.0 Å². The molecule has 0 aliphatic heterocycles. The number of hydrogen-bond donors (Lipinski definition) is 4. The van der Waals surface area contributed by atoms with Crippen molar-refractivity contribution in [2.45, 2.75) is 68.0 Å². The first-order valence-electron chi connectivity index (χ1n) is 10.6. The van der Waals surface area contributed by atoms with E-state index in [0.717, 1.165) is 0 Å². The van der Waals surface area contributed by atoms with Crippen molar-refractivity contribution in [3.63, 3.8) is 0 Å². The predicted octanol–water partition coefficient (Wildman–Crippen LogP) is 2.63. The first-order chi connectivity index (χ1) is 15.3. The summed E-state index contributed by atoms with van der Waals surface area (Å²) in [6.07, 6.45) is 0.177. The van der Waals surface area contributed by atoms with Gasteiger partial charge in [0.25, 0.3) is 0 Å². The Labute approximate surface area is 218 Å². The fourth-order valence-electron chi connectivity index (χ4n) is 2.34. The molecule has 12 heteroatoms. The predicted molar refractivity (Wildman–Crippen MR) is 139 cm³/mol. The fraction of sp³-hybridized carbons (Fsp3) is 0.810. The number of ether oxygens (including phenoxy) is 4. The molecule has 0 radical (unpaired) electrons. The van der Waals surface area contributed by atoms with Crippen molar-refractivity contribution in [2.24, 2.45) is 5.41 Å². The first-order valence-corrected chi connectivity index (χ1v) is 12.6. The molecule has 4 atom stereocenters. The van der Waals surface area contributed by atoms with Crippen LogP contribution in [0.15, 0.2) is 0 Å². The standard InChI is InChI=1S/C21H36O8S4/c1-13(30)5-18(23)27-10-21(9-26-8-17(22)16(4)33,11-28-19(24)6-14(2)31)12-29-20(25)7-15(3)32/h13-16,30-33H,5-12H2,1-4H3. The lowest BCUT2D eigenvalue weighted by atomic mass is 9.92. The van der Waals surface area contributed by atoms with Gasteiger partial charge < -0.3 is 18.9 Å². The zero-order chi connectivity index (χ0) is 25.6. The number of carbonyl (C=O) groups excluding carboxylic acids is 4. The zero-order valence-corrected chi connectivity index (χ0v) is 23.1. The highest BCUT2D eigenvalue weighted by Crippen LogP contribution is 2.23. The highest BCUT2D eigenvalue weighted by atomic mass is 32.1. The van der Waals surface area contributed by atoms with Crippen LogP contribution in [-0.2, 0) is 38.1 Å². The van der Waals surface area contributed by atoms with Crippen LogP contribution in [0.25, 0.3) is 0 Å². The van der Waals surface area contributed by atoms with E-state index in [-0.39, 0.29) is 73.8 Å². The van der Waals surface area contributed by atoms with Gasteiger partial charge in [-0.25, -0.2) is 0 Å². The Morgan fingerprint density at radius 2 is 0.970 bits per heavy atom. The lowest BCUT2D eigenvalue weighted by molar-refractivity contribution is -0.168. The largest absolute Gasteiger partial charge is 0.465 e. The molecular formula is C21H36O8S4. The Bertz CT molecular complexity index is 573. The average Bonchev–Trinajstić information content (AvgIpc) is 2.67. The van der Waals surface area contributed by atoms with Crippen LogP contribution in [0.4, 0.5) is 0 Å². The molecule has 0 aromatic carbocycles. The molecule has 0 amide bonds. The second-order valence-electron chi connectivity index (χ2n) is 8.28. The Hall–Kier alpha value is -0.560. The van der Waals surface area contributed by atoms with Crippen molar-refractivity contribution in [3.8, 4) is 0 Å². The molecule has 33 heavy (non-hydrogen) atoms. The van der Waals surface area contributed by atoms with Crippen molar-refractivity contribution < 1.29 is 38.1 Å². The van der Waals surface area contributed by atoms with E-state index in [2.05, 4.69) is 50.5 Å². The molecule has 0 spiro atoms. The maximum absolute atomic E-state index is 12.1. The van der Waals surface area contributed by atoms with Crippen molar-refractivity contribution in [1.29, 1.82) is 0 Å². The van der Waals surface area contributed by atoms with E-state index in [1.165, 1.54) is 0 Å². The molecule has 0 aromatic rings. The van der Waals surface area contributed by atoms with Gasteiger partial charge in [0.05, 0.1) is 36.5 Å². The number of rotatable bonds is 17. The van der Waals surface area contributed by atoms with Gasteiger partial charge in [-0.05, 0) is 6.92 Å². The van der Waals surface area contributed by atoms with Crippen LogP contribution < -0.4 is 0 Å². The molecule has 8 nitrogen and oxygen atoms in total. The van der Waals surface area contributed by atoms with Crippen LogP contribution in [0.2, 0.25) is 0 Å². The Morgan fingerprint density at radius 3 is 1.24 bits per heavy atom. The topological polar surface area (TPSA) is 105 Å². The van der Waals surface area contributed by atoms with Crippen molar-refractivity contribution in [3.05, 3.63) is 0 Å². The third-order valence-corrected chi connectivity index (χ3v) is 4.96. The lowest BCUT2D eigenvalue weighted by Gasteiger charge is -2.32. The molecule has 0 saturated carbocycles. The summed E-state index contributed by atoms with van der Waals surface area (Å²) < 4.78 is 21.7. The Balaban J connectivity index is 5.55. The molecule has 0 aliphatic carbocycles. The maximum Gasteiger partial charge on any atom is 0.306 e. The summed E-state index contributed by atoms with van der Waals surface area (Å²) in [6, 6.07) is 0. The number of Topliss-reactive ketones (excluding diaryl/α,β-unsaturated/α-hetero) is 1. The minimum absolute atomic E-state index is 0.0591. The summed E-state index contributed by atoms with van der Waals surface area (Å²) in [5.41, 5.74) is -1.22. The third-order valence-electron chi connectivity index (χ3n) is 4.12. The molecule has 0 saturated heterocycles. The molecule has 0 heterocycles. The number of ketones is 1. The van der Waals surface area contributed by atoms with E-state index < -0.39 is 28.6 Å². The van der Waals surface area contributed by atoms with Gasteiger partial charge in [0.1, 0.15) is 26.4 Å². The van der Waals surface area contributed by atoms with Crippen LogP contribution in [0.3, 0.4) is 0 Å². The van der Waals surface area contributed by atoms with E-state index in [1.54, 1.807) is 27.7 Å². The van der Waals surface area contributed by atoms with Crippen LogP contribution in [-0.4, -0.2) is 77.7 Å². The molecule has 0 aliphatic rings. The highest BCUT2D eigenvalue weighted by Gasteiger charge is 2.37. The van der Waals surface area contributed by atoms with Crippen molar-refractivity contribution in [2.75, 3.05) is 33.0 Å². The number of esters is 3. The fourth-order valence-corrected chi connectivity index (χ4v) is 2.86. The van der Waals surface area contributed by atoms with Crippen molar-refractivity contribution in [1.82, 2.24) is 0 Å². The average molecular weight is 545 g/mol. The zero-order valence-electron chi connectivity index (χ0n) is 19.5.